The predicted octanol–water partition coefficient (Wildman–Crippen LogP) is 2.92. The van der Waals surface area contributed by atoms with E-state index in [-0.39, 0.29) is 0 Å². The molecule has 0 bridgehead atoms. The summed E-state index contributed by atoms with van der Waals surface area (Å²) in [6.45, 7) is 1.85. The lowest BCUT2D eigenvalue weighted by Gasteiger charge is -2.08. The van der Waals surface area contributed by atoms with Gasteiger partial charge in [0, 0.05) is 11.6 Å². The van der Waals surface area contributed by atoms with E-state index in [0.717, 1.165) is 15.4 Å². The molecule has 0 aliphatic carbocycles. The van der Waals surface area contributed by atoms with Crippen LogP contribution in [-0.4, -0.2) is 32.3 Å². The average Bonchev–Trinajstić information content (AvgIpc) is 2.87. The van der Waals surface area contributed by atoms with E-state index in [9.17, 15) is 4.79 Å². The van der Waals surface area contributed by atoms with Gasteiger partial charge in [-0.3, -0.25) is 0 Å². The molecule has 0 radical (unpaired) electrons. The van der Waals surface area contributed by atoms with Gasteiger partial charge in [-0.15, -0.1) is 11.3 Å². The van der Waals surface area contributed by atoms with Crippen molar-refractivity contribution in [3.8, 4) is 21.9 Å². The first-order valence-corrected chi connectivity index (χ1v) is 6.70. The van der Waals surface area contributed by atoms with E-state index in [4.69, 9.17) is 14.2 Å². The number of methoxy groups -OCH3 is 3. The number of aryl methyl sites for hydroxylation is 1. The van der Waals surface area contributed by atoms with Crippen molar-refractivity contribution in [1.29, 1.82) is 0 Å². The minimum atomic E-state index is -0.453. The van der Waals surface area contributed by atoms with Gasteiger partial charge >= 0.3 is 5.97 Å². The molecule has 0 N–H and O–H groups in total. The molecule has 2 rings (SSSR count). The van der Waals surface area contributed by atoms with Crippen LogP contribution in [0.2, 0.25) is 0 Å². The van der Waals surface area contributed by atoms with Crippen LogP contribution in [0.15, 0.2) is 18.2 Å². The lowest BCUT2D eigenvalue weighted by molar-refractivity contribution is 0.0595. The van der Waals surface area contributed by atoms with E-state index in [1.54, 1.807) is 20.3 Å². The van der Waals surface area contributed by atoms with Crippen molar-refractivity contribution in [2.24, 2.45) is 0 Å². The Kier molecular flexibility index (Phi) is 4.24. The highest BCUT2D eigenvalue weighted by molar-refractivity contribution is 7.15. The number of esters is 1. The number of thiazole rings is 1. The van der Waals surface area contributed by atoms with Gasteiger partial charge in [-0.1, -0.05) is 0 Å². The predicted molar refractivity (Wildman–Crippen MR) is 76.7 cm³/mol. The minimum Gasteiger partial charge on any atom is -0.497 e. The molecule has 0 saturated carbocycles. The van der Waals surface area contributed by atoms with Crippen molar-refractivity contribution in [3.05, 3.63) is 28.9 Å². The zero-order chi connectivity index (χ0) is 14.7. The number of rotatable bonds is 4. The highest BCUT2D eigenvalue weighted by Gasteiger charge is 2.19. The van der Waals surface area contributed by atoms with E-state index in [2.05, 4.69) is 4.98 Å². The van der Waals surface area contributed by atoms with Crippen molar-refractivity contribution in [2.75, 3.05) is 21.3 Å². The summed E-state index contributed by atoms with van der Waals surface area (Å²) in [7, 11) is 4.50. The molecule has 0 amide bonds. The SMILES string of the molecule is COC(=O)c1nc(C)sc1-c1cc(OC)cc(OC)c1. The molecule has 0 unspecified atom stereocenters. The minimum absolute atomic E-state index is 0.310. The topological polar surface area (TPSA) is 57.7 Å². The number of carbonyl (C=O) groups is 1. The number of benzene rings is 1. The second-order valence-electron chi connectivity index (χ2n) is 4.00. The van der Waals surface area contributed by atoms with E-state index >= 15 is 0 Å². The molecule has 1 aromatic heterocycles. The summed E-state index contributed by atoms with van der Waals surface area (Å²) in [5.41, 5.74) is 1.12. The van der Waals surface area contributed by atoms with Crippen molar-refractivity contribution >= 4 is 17.3 Å². The molecule has 0 spiro atoms. The van der Waals surface area contributed by atoms with Crippen LogP contribution >= 0.6 is 11.3 Å². The molecule has 0 aliphatic rings. The molecule has 6 heteroatoms. The fourth-order valence-corrected chi connectivity index (χ4v) is 2.69. The summed E-state index contributed by atoms with van der Waals surface area (Å²) in [4.78, 5) is 16.8. The zero-order valence-corrected chi connectivity index (χ0v) is 12.5. The van der Waals surface area contributed by atoms with Gasteiger partial charge in [-0.05, 0) is 19.1 Å². The van der Waals surface area contributed by atoms with E-state index in [0.29, 0.717) is 17.2 Å². The summed E-state index contributed by atoms with van der Waals surface area (Å²) in [6.07, 6.45) is 0. The third-order valence-corrected chi connectivity index (χ3v) is 3.75. The molecule has 1 heterocycles. The molecule has 0 fully saturated rings. The number of ether oxygens (including phenoxy) is 3. The lowest BCUT2D eigenvalue weighted by atomic mass is 10.1. The average molecular weight is 293 g/mol. The van der Waals surface area contributed by atoms with Crippen LogP contribution in [0.4, 0.5) is 0 Å². The van der Waals surface area contributed by atoms with Crippen LogP contribution in [0.5, 0.6) is 11.5 Å². The summed E-state index contributed by atoms with van der Waals surface area (Å²) in [5, 5.41) is 0.794. The van der Waals surface area contributed by atoms with Crippen LogP contribution < -0.4 is 9.47 Å². The standard InChI is InChI=1S/C14H15NO4S/c1-8-15-12(14(16)19-4)13(20-8)9-5-10(17-2)7-11(6-9)18-3/h5-7H,1-4H3. The largest absolute Gasteiger partial charge is 0.497 e. The van der Waals surface area contributed by atoms with E-state index < -0.39 is 5.97 Å². The molecule has 1 aromatic carbocycles. The fourth-order valence-electron chi connectivity index (χ4n) is 1.80. The Hall–Kier alpha value is -2.08. The number of hydrogen-bond acceptors (Lipinski definition) is 6. The van der Waals surface area contributed by atoms with Gasteiger partial charge in [-0.2, -0.15) is 0 Å². The van der Waals surface area contributed by atoms with Crippen LogP contribution in [0.25, 0.3) is 10.4 Å². The Balaban J connectivity index is 2.58. The van der Waals surface area contributed by atoms with Gasteiger partial charge in [0.25, 0.3) is 0 Å². The number of hydrogen-bond donors (Lipinski definition) is 0. The first kappa shape index (κ1) is 14.3. The third kappa shape index (κ3) is 2.75. The highest BCUT2D eigenvalue weighted by atomic mass is 32.1. The second kappa shape index (κ2) is 5.92. The third-order valence-electron chi connectivity index (χ3n) is 2.73. The van der Waals surface area contributed by atoms with E-state index in [1.165, 1.54) is 18.4 Å². The van der Waals surface area contributed by atoms with Crippen molar-refractivity contribution in [1.82, 2.24) is 4.98 Å². The number of aromatic nitrogens is 1. The summed E-state index contributed by atoms with van der Waals surface area (Å²) < 4.78 is 15.2. The molecule has 0 saturated heterocycles. The smallest absolute Gasteiger partial charge is 0.358 e. The maximum atomic E-state index is 11.8. The maximum Gasteiger partial charge on any atom is 0.358 e. The van der Waals surface area contributed by atoms with Crippen LogP contribution in [0.3, 0.4) is 0 Å². The zero-order valence-electron chi connectivity index (χ0n) is 11.7. The molecular weight excluding hydrogens is 278 g/mol. The fraction of sp³-hybridized carbons (Fsp3) is 0.286. The molecule has 2 aromatic rings. The Bertz CT molecular complexity index is 614. The lowest BCUT2D eigenvalue weighted by Crippen LogP contribution is -2.03. The van der Waals surface area contributed by atoms with Gasteiger partial charge in [0.2, 0.25) is 0 Å². The Labute approximate surface area is 121 Å². The van der Waals surface area contributed by atoms with Crippen molar-refractivity contribution in [2.45, 2.75) is 6.92 Å². The van der Waals surface area contributed by atoms with Gasteiger partial charge in [0.15, 0.2) is 5.69 Å². The van der Waals surface area contributed by atoms with Gasteiger partial charge < -0.3 is 14.2 Å². The molecule has 0 atom stereocenters. The summed E-state index contributed by atoms with van der Waals surface area (Å²) >= 11 is 1.43. The summed E-state index contributed by atoms with van der Waals surface area (Å²) in [5.74, 6) is 0.855. The normalized spacial score (nSPS) is 10.2. The Morgan fingerprint density at radius 2 is 1.70 bits per heavy atom. The number of nitrogens with zero attached hydrogens (tertiary/aromatic N) is 1. The Morgan fingerprint density at radius 3 is 2.20 bits per heavy atom. The highest BCUT2D eigenvalue weighted by Crippen LogP contribution is 2.35. The second-order valence-corrected chi connectivity index (χ2v) is 5.21. The Morgan fingerprint density at radius 1 is 1.10 bits per heavy atom. The van der Waals surface area contributed by atoms with Gasteiger partial charge in [0.1, 0.15) is 11.5 Å². The molecule has 20 heavy (non-hydrogen) atoms. The number of carbonyl (C=O) groups excluding carboxylic acids is 1. The van der Waals surface area contributed by atoms with Crippen LogP contribution in [0, 0.1) is 6.92 Å². The van der Waals surface area contributed by atoms with Crippen molar-refractivity contribution in [3.63, 3.8) is 0 Å². The maximum absolute atomic E-state index is 11.8. The molecule has 5 nitrogen and oxygen atoms in total. The van der Waals surface area contributed by atoms with Gasteiger partial charge in [0.05, 0.1) is 31.2 Å². The first-order valence-electron chi connectivity index (χ1n) is 5.88. The summed E-state index contributed by atoms with van der Waals surface area (Å²) in [6, 6.07) is 5.44. The van der Waals surface area contributed by atoms with Crippen LogP contribution in [0.1, 0.15) is 15.5 Å². The monoisotopic (exact) mass is 293 g/mol. The molecule has 0 aliphatic heterocycles. The van der Waals surface area contributed by atoms with Crippen molar-refractivity contribution < 1.29 is 19.0 Å². The molecular formula is C14H15NO4S. The van der Waals surface area contributed by atoms with Gasteiger partial charge in [-0.25, -0.2) is 9.78 Å². The van der Waals surface area contributed by atoms with E-state index in [1.807, 2.05) is 19.1 Å². The first-order chi connectivity index (χ1) is 9.58. The molecule has 106 valence electrons. The van der Waals surface area contributed by atoms with Crippen LogP contribution in [-0.2, 0) is 4.74 Å². The quantitative estimate of drug-likeness (QED) is 0.811.